The molecule has 0 spiro atoms. The van der Waals surface area contributed by atoms with Crippen molar-refractivity contribution in [3.05, 3.63) is 148 Å². The molecule has 0 fully saturated rings. The third-order valence-corrected chi connectivity index (χ3v) is 8.85. The number of benzene rings is 5. The number of methoxy groups -OCH3 is 1. The van der Waals surface area contributed by atoms with E-state index in [0.717, 1.165) is 27.3 Å². The number of hydrogen-bond donors (Lipinski definition) is 0. The highest BCUT2D eigenvalue weighted by atomic mass is 16.5. The van der Waals surface area contributed by atoms with Gasteiger partial charge in [0.25, 0.3) is 17.7 Å². The molecule has 5 aromatic carbocycles. The predicted octanol–water partition coefficient (Wildman–Crippen LogP) is 8.01. The van der Waals surface area contributed by atoms with Crippen LogP contribution < -0.4 is 19.3 Å². The molecule has 1 heterocycles. The van der Waals surface area contributed by atoms with Crippen LogP contribution in [0.15, 0.2) is 109 Å². The molecule has 6 rings (SSSR count). The maximum absolute atomic E-state index is 13.7. The van der Waals surface area contributed by atoms with Gasteiger partial charge in [0.15, 0.2) is 6.29 Å². The molecule has 3 amide bonds. The Morgan fingerprint density at radius 2 is 1.31 bits per heavy atom. The molecule has 0 unspecified atom stereocenters. The Kier molecular flexibility index (Phi) is 8.41. The van der Waals surface area contributed by atoms with Gasteiger partial charge in [-0.15, -0.1) is 0 Å². The van der Waals surface area contributed by atoms with Gasteiger partial charge in [0.2, 0.25) is 0 Å². The van der Waals surface area contributed by atoms with Gasteiger partial charge in [-0.25, -0.2) is 4.90 Å². The van der Waals surface area contributed by atoms with Crippen molar-refractivity contribution in [2.24, 2.45) is 0 Å². The second-order valence-electron chi connectivity index (χ2n) is 12.2. The van der Waals surface area contributed by atoms with Gasteiger partial charge in [-0.2, -0.15) is 0 Å². The highest BCUT2D eigenvalue weighted by molar-refractivity contribution is 6.34. The fourth-order valence-electron chi connectivity index (χ4n) is 5.85. The van der Waals surface area contributed by atoms with E-state index >= 15 is 0 Å². The second-order valence-corrected chi connectivity index (χ2v) is 12.2. The van der Waals surface area contributed by atoms with Crippen molar-refractivity contribution in [1.82, 2.24) is 0 Å². The summed E-state index contributed by atoms with van der Waals surface area (Å²) >= 11 is 0. The lowest BCUT2D eigenvalue weighted by Crippen LogP contribution is -2.30. The smallest absolute Gasteiger partial charge is 0.266 e. The van der Waals surface area contributed by atoms with Crippen LogP contribution >= 0.6 is 0 Å². The molecule has 1 aliphatic rings. The number of carbonyl (C=O) groups is 4. The minimum absolute atomic E-state index is 0.169. The number of hydrogen-bond acceptors (Lipinski definition) is 6. The predicted molar refractivity (Wildman–Crippen MR) is 185 cm³/mol. The van der Waals surface area contributed by atoms with Crippen LogP contribution in [0.3, 0.4) is 0 Å². The molecule has 240 valence electrons. The summed E-state index contributed by atoms with van der Waals surface area (Å²) in [5, 5.41) is 0. The van der Waals surface area contributed by atoms with Gasteiger partial charge < -0.3 is 14.4 Å². The molecule has 0 aliphatic carbocycles. The number of fused-ring (bicyclic) bond motifs is 1. The molecule has 8 nitrogen and oxygen atoms in total. The summed E-state index contributed by atoms with van der Waals surface area (Å²) in [5.74, 6) is 0.567. The largest absolute Gasteiger partial charge is 0.497 e. The van der Waals surface area contributed by atoms with Gasteiger partial charge in [0, 0.05) is 23.7 Å². The van der Waals surface area contributed by atoms with Gasteiger partial charge in [-0.05, 0) is 96.9 Å². The maximum atomic E-state index is 13.7. The highest BCUT2D eigenvalue weighted by Gasteiger charge is 2.36. The number of rotatable bonds is 9. The number of ether oxygens (including phenoxy) is 2. The Balaban J connectivity index is 1.18. The van der Waals surface area contributed by atoms with E-state index in [2.05, 4.69) is 26.0 Å². The van der Waals surface area contributed by atoms with E-state index < -0.39 is 11.8 Å². The monoisotopic (exact) mass is 638 g/mol. The zero-order valence-electron chi connectivity index (χ0n) is 27.3. The zero-order valence-corrected chi connectivity index (χ0v) is 27.3. The number of aryl methyl sites for hydroxylation is 1. The molecular formula is C40H34N2O6. The molecule has 0 bridgehead atoms. The molecule has 0 saturated carbocycles. The second kappa shape index (κ2) is 12.6. The SMILES string of the molecule is COc1ccc(C(C)(C)c2ccc(Oc3ccc(C=O)c(C(=O)N(C)c4ccc(N5C(=O)c6ccc(C)cc6C5=O)cc4)c3)cc2)cc1. The normalized spacial score (nSPS) is 12.5. The topological polar surface area (TPSA) is 93.2 Å². The van der Waals surface area contributed by atoms with E-state index in [4.69, 9.17) is 9.47 Å². The maximum Gasteiger partial charge on any atom is 0.266 e. The van der Waals surface area contributed by atoms with Gasteiger partial charge >= 0.3 is 0 Å². The van der Waals surface area contributed by atoms with Crippen LogP contribution in [0, 0.1) is 6.92 Å². The number of anilines is 2. The van der Waals surface area contributed by atoms with Crippen LogP contribution in [0.5, 0.6) is 17.2 Å². The van der Waals surface area contributed by atoms with Crippen molar-refractivity contribution in [3.63, 3.8) is 0 Å². The number of amides is 3. The van der Waals surface area contributed by atoms with Gasteiger partial charge in [-0.1, -0.05) is 49.7 Å². The first kappa shape index (κ1) is 31.9. The Morgan fingerprint density at radius 1 is 0.729 bits per heavy atom. The van der Waals surface area contributed by atoms with Crippen molar-refractivity contribution in [2.45, 2.75) is 26.2 Å². The average molecular weight is 639 g/mol. The minimum atomic E-state index is -0.428. The molecule has 1 aliphatic heterocycles. The standard InChI is InChI=1S/C40H34N2O6/c1-25-6-21-34-36(22-25)39(46)42(38(34)45)30-14-12-29(13-15-30)41(4)37(44)35-23-33(16-7-26(35)24-43)48-32-19-10-28(11-20-32)40(2,3)27-8-17-31(47-5)18-9-27/h6-24H,1-5H3. The summed E-state index contributed by atoms with van der Waals surface area (Å²) in [6.45, 7) is 6.16. The molecule has 48 heavy (non-hydrogen) atoms. The van der Waals surface area contributed by atoms with Crippen molar-refractivity contribution in [3.8, 4) is 17.2 Å². The van der Waals surface area contributed by atoms with E-state index in [0.29, 0.717) is 40.3 Å². The fourth-order valence-corrected chi connectivity index (χ4v) is 5.85. The van der Waals surface area contributed by atoms with Crippen LogP contribution in [0.1, 0.15) is 72.0 Å². The van der Waals surface area contributed by atoms with E-state index in [-0.39, 0.29) is 22.4 Å². The lowest BCUT2D eigenvalue weighted by atomic mass is 9.78. The number of aldehydes is 1. The molecule has 5 aromatic rings. The number of nitrogens with zero attached hydrogens (tertiary/aromatic N) is 2. The fraction of sp³-hybridized carbons (Fsp3) is 0.150. The summed E-state index contributed by atoms with van der Waals surface area (Å²) in [7, 11) is 3.24. The summed E-state index contributed by atoms with van der Waals surface area (Å²) in [4.78, 5) is 54.2. The van der Waals surface area contributed by atoms with Crippen LogP contribution in [0.2, 0.25) is 0 Å². The van der Waals surface area contributed by atoms with E-state index in [1.165, 1.54) is 4.90 Å². The summed E-state index contributed by atoms with van der Waals surface area (Å²) in [6.07, 6.45) is 0.633. The minimum Gasteiger partial charge on any atom is -0.497 e. The first-order valence-corrected chi connectivity index (χ1v) is 15.4. The van der Waals surface area contributed by atoms with Gasteiger partial charge in [0.1, 0.15) is 17.2 Å². The van der Waals surface area contributed by atoms with Crippen molar-refractivity contribution in [2.75, 3.05) is 24.0 Å². The number of carbonyl (C=O) groups excluding carboxylic acids is 4. The van der Waals surface area contributed by atoms with Crippen molar-refractivity contribution in [1.29, 1.82) is 0 Å². The van der Waals surface area contributed by atoms with Gasteiger partial charge in [0.05, 0.1) is 29.5 Å². The Bertz CT molecular complexity index is 2050. The Morgan fingerprint density at radius 3 is 1.92 bits per heavy atom. The quantitative estimate of drug-likeness (QED) is 0.120. The van der Waals surface area contributed by atoms with Crippen LogP contribution in [-0.4, -0.2) is 38.2 Å². The molecule has 0 saturated heterocycles. The molecular weight excluding hydrogens is 604 g/mol. The Hall–Kier alpha value is -6.02. The van der Waals surface area contributed by atoms with Gasteiger partial charge in [-0.3, -0.25) is 19.2 Å². The molecule has 0 radical (unpaired) electrons. The van der Waals surface area contributed by atoms with E-state index in [1.54, 1.807) is 74.8 Å². The molecule has 0 atom stereocenters. The molecule has 0 aromatic heterocycles. The first-order chi connectivity index (χ1) is 23.0. The van der Waals surface area contributed by atoms with Crippen LogP contribution in [0.4, 0.5) is 11.4 Å². The average Bonchev–Trinajstić information content (AvgIpc) is 3.35. The number of imide groups is 1. The summed E-state index contributed by atoms with van der Waals surface area (Å²) in [6, 6.07) is 32.2. The molecule has 0 N–H and O–H groups in total. The van der Waals surface area contributed by atoms with Crippen LogP contribution in [0.25, 0.3) is 0 Å². The Labute approximate surface area is 279 Å². The zero-order chi connectivity index (χ0) is 34.2. The van der Waals surface area contributed by atoms with Crippen molar-refractivity contribution >= 4 is 35.4 Å². The lowest BCUT2D eigenvalue weighted by Gasteiger charge is -2.26. The summed E-state index contributed by atoms with van der Waals surface area (Å²) < 4.78 is 11.4. The third kappa shape index (κ3) is 5.84. The first-order valence-electron chi connectivity index (χ1n) is 15.4. The van der Waals surface area contributed by atoms with Crippen molar-refractivity contribution < 1.29 is 28.7 Å². The van der Waals surface area contributed by atoms with Crippen LogP contribution in [-0.2, 0) is 5.41 Å². The third-order valence-electron chi connectivity index (χ3n) is 8.85. The summed E-state index contributed by atoms with van der Waals surface area (Å²) in [5.41, 5.74) is 4.88. The highest BCUT2D eigenvalue weighted by Crippen LogP contribution is 2.35. The molecule has 8 heteroatoms. The van der Waals surface area contributed by atoms with E-state index in [9.17, 15) is 19.2 Å². The van der Waals surface area contributed by atoms with E-state index in [1.807, 2.05) is 43.3 Å². The lowest BCUT2D eigenvalue weighted by molar-refractivity contribution is 0.0924.